The van der Waals surface area contributed by atoms with Crippen molar-refractivity contribution >= 4 is 5.97 Å². The van der Waals surface area contributed by atoms with Gasteiger partial charge in [-0.1, -0.05) is 47.5 Å². The molecule has 4 fully saturated rings. The van der Waals surface area contributed by atoms with Crippen LogP contribution in [0.1, 0.15) is 92.4 Å². The first-order chi connectivity index (χ1) is 18.2. The van der Waals surface area contributed by atoms with Crippen molar-refractivity contribution < 1.29 is 28.5 Å². The predicted octanol–water partition coefficient (Wildman–Crippen LogP) is 6.70. The molecule has 4 aliphatic carbocycles. The van der Waals surface area contributed by atoms with Gasteiger partial charge < -0.3 is 23.7 Å². The number of hydrogen-bond donors (Lipinski definition) is 0. The normalized spacial score (nSPS) is 45.1. The maximum absolute atomic E-state index is 12.0. The van der Waals surface area contributed by atoms with Gasteiger partial charge in [-0.05, 0) is 91.3 Å². The van der Waals surface area contributed by atoms with E-state index in [1.165, 1.54) is 39.2 Å². The topological polar surface area (TPSA) is 63.2 Å². The monoisotopic (exact) mass is 536 g/mol. The van der Waals surface area contributed by atoms with Crippen LogP contribution in [-0.2, 0) is 28.5 Å². The molecule has 0 aliphatic heterocycles. The van der Waals surface area contributed by atoms with Gasteiger partial charge in [0, 0.05) is 26.1 Å². The fraction of sp³-hybridized carbons (Fsp3) is 0.969. The SMILES string of the molecule is CC[C@H]1C(OCOC)C2C3CC[C@H]([C@H](C)CCC(=O)OC)[C@@]3(C)[C@@H](OCOC)CC2[C@@]2(C)CC[C@@H](C)C[C@@H]12. The Bertz CT molecular complexity index is 788. The van der Waals surface area contributed by atoms with E-state index in [0.717, 1.165) is 25.2 Å². The minimum atomic E-state index is -0.107. The Hall–Kier alpha value is -0.690. The van der Waals surface area contributed by atoms with E-state index in [9.17, 15) is 4.79 Å². The molecule has 4 saturated carbocycles. The number of rotatable bonds is 11. The van der Waals surface area contributed by atoms with Gasteiger partial charge in [0.25, 0.3) is 0 Å². The Balaban J connectivity index is 1.73. The molecule has 4 rings (SSSR count). The lowest BCUT2D eigenvalue weighted by molar-refractivity contribution is -0.262. The van der Waals surface area contributed by atoms with Crippen LogP contribution in [0.2, 0.25) is 0 Å². The van der Waals surface area contributed by atoms with E-state index in [4.69, 9.17) is 23.7 Å². The molecule has 4 unspecified atom stereocenters. The zero-order valence-corrected chi connectivity index (χ0v) is 25.5. The third-order valence-electron chi connectivity index (χ3n) is 12.3. The minimum Gasteiger partial charge on any atom is -0.469 e. The molecule has 0 aromatic heterocycles. The van der Waals surface area contributed by atoms with Crippen molar-refractivity contribution in [2.24, 2.45) is 58.2 Å². The number of hydrogen-bond acceptors (Lipinski definition) is 6. The summed E-state index contributed by atoms with van der Waals surface area (Å²) in [4.78, 5) is 12.0. The molecule has 0 N–H and O–H groups in total. The lowest BCUT2D eigenvalue weighted by Crippen LogP contribution is -2.65. The van der Waals surface area contributed by atoms with E-state index in [0.29, 0.717) is 66.8 Å². The summed E-state index contributed by atoms with van der Waals surface area (Å²) in [5, 5.41) is 0. The van der Waals surface area contributed by atoms with E-state index >= 15 is 0 Å². The molecule has 4 aliphatic rings. The summed E-state index contributed by atoms with van der Waals surface area (Å²) >= 11 is 0. The molecule has 0 aromatic rings. The van der Waals surface area contributed by atoms with Crippen molar-refractivity contribution in [3.8, 4) is 0 Å². The van der Waals surface area contributed by atoms with Gasteiger partial charge in [-0.25, -0.2) is 0 Å². The third kappa shape index (κ3) is 5.21. The van der Waals surface area contributed by atoms with Gasteiger partial charge in [-0.3, -0.25) is 4.79 Å². The summed E-state index contributed by atoms with van der Waals surface area (Å²) < 4.78 is 29.4. The van der Waals surface area contributed by atoms with Crippen LogP contribution in [0.3, 0.4) is 0 Å². The molecule has 6 heteroatoms. The van der Waals surface area contributed by atoms with Crippen LogP contribution in [0.4, 0.5) is 0 Å². The summed E-state index contributed by atoms with van der Waals surface area (Å²) in [6.45, 7) is 13.0. The molecule has 0 radical (unpaired) electrons. The van der Waals surface area contributed by atoms with Crippen LogP contribution in [-0.4, -0.2) is 53.1 Å². The van der Waals surface area contributed by atoms with Gasteiger partial charge in [0.05, 0.1) is 19.3 Å². The molecular weight excluding hydrogens is 480 g/mol. The van der Waals surface area contributed by atoms with Crippen molar-refractivity contribution in [1.82, 2.24) is 0 Å². The van der Waals surface area contributed by atoms with Crippen molar-refractivity contribution in [2.75, 3.05) is 34.9 Å². The van der Waals surface area contributed by atoms with E-state index in [-0.39, 0.29) is 23.6 Å². The average Bonchev–Trinajstić information content (AvgIpc) is 3.27. The zero-order chi connectivity index (χ0) is 27.7. The van der Waals surface area contributed by atoms with Crippen LogP contribution in [0.15, 0.2) is 0 Å². The van der Waals surface area contributed by atoms with E-state index in [1.54, 1.807) is 14.2 Å². The first-order valence-electron chi connectivity index (χ1n) is 15.4. The maximum Gasteiger partial charge on any atom is 0.305 e. The van der Waals surface area contributed by atoms with Gasteiger partial charge in [-0.2, -0.15) is 0 Å². The van der Waals surface area contributed by atoms with Crippen LogP contribution in [0.25, 0.3) is 0 Å². The van der Waals surface area contributed by atoms with E-state index in [1.807, 2.05) is 0 Å². The van der Waals surface area contributed by atoms with Crippen LogP contribution < -0.4 is 0 Å². The molecule has 0 bridgehead atoms. The van der Waals surface area contributed by atoms with E-state index < -0.39 is 0 Å². The smallest absolute Gasteiger partial charge is 0.305 e. The fourth-order valence-electron chi connectivity index (χ4n) is 10.5. The summed E-state index contributed by atoms with van der Waals surface area (Å²) in [5.74, 6) is 4.47. The Kier molecular flexibility index (Phi) is 9.92. The first kappa shape index (κ1) is 30.3. The number of esters is 1. The Morgan fingerprint density at radius 3 is 2.32 bits per heavy atom. The number of fused-ring (bicyclic) bond motifs is 5. The summed E-state index contributed by atoms with van der Waals surface area (Å²) in [5.41, 5.74) is 0.336. The van der Waals surface area contributed by atoms with Crippen molar-refractivity contribution in [1.29, 1.82) is 0 Å². The van der Waals surface area contributed by atoms with Crippen LogP contribution in [0.5, 0.6) is 0 Å². The second-order valence-electron chi connectivity index (χ2n) is 13.8. The van der Waals surface area contributed by atoms with Crippen LogP contribution in [0, 0.1) is 58.2 Å². The molecule has 0 heterocycles. The van der Waals surface area contributed by atoms with Gasteiger partial charge in [-0.15, -0.1) is 0 Å². The highest BCUT2D eigenvalue weighted by Crippen LogP contribution is 2.70. The summed E-state index contributed by atoms with van der Waals surface area (Å²) in [7, 11) is 4.98. The lowest BCUT2D eigenvalue weighted by atomic mass is 9.40. The standard InChI is InChI=1S/C32H56O6/c1-9-22-25-16-20(2)14-15-31(25,4)26-17-27(37-18-34-6)32(5)23(21(3)10-13-28(33)36-8)11-12-24(32)29(26)30(22)38-19-35-7/h20-27,29-30H,9-19H2,1-8H3/t20-,21-,22-,23-,24?,25+,26?,27+,29?,30?,31+,32-/m1/s1. The largest absolute Gasteiger partial charge is 0.469 e. The molecule has 6 nitrogen and oxygen atoms in total. The quantitative estimate of drug-likeness (QED) is 0.216. The van der Waals surface area contributed by atoms with Gasteiger partial charge in [0.2, 0.25) is 0 Å². The second kappa shape index (κ2) is 12.4. The molecule has 0 amide bonds. The number of carbonyl (C=O) groups is 1. The molecule has 220 valence electrons. The van der Waals surface area contributed by atoms with Gasteiger partial charge in [0.15, 0.2) is 0 Å². The minimum absolute atomic E-state index is 0.0212. The molecule has 38 heavy (non-hydrogen) atoms. The highest BCUT2D eigenvalue weighted by molar-refractivity contribution is 5.69. The van der Waals surface area contributed by atoms with Crippen molar-refractivity contribution in [3.05, 3.63) is 0 Å². The number of methoxy groups -OCH3 is 3. The summed E-state index contributed by atoms with van der Waals surface area (Å²) in [6, 6.07) is 0. The second-order valence-corrected chi connectivity index (χ2v) is 13.8. The predicted molar refractivity (Wildman–Crippen MR) is 148 cm³/mol. The molecule has 0 saturated heterocycles. The lowest BCUT2D eigenvalue weighted by Gasteiger charge is -2.66. The summed E-state index contributed by atoms with van der Waals surface area (Å²) in [6.07, 6.45) is 10.3. The Morgan fingerprint density at radius 2 is 1.66 bits per heavy atom. The van der Waals surface area contributed by atoms with E-state index in [2.05, 4.69) is 34.6 Å². The van der Waals surface area contributed by atoms with Crippen LogP contribution >= 0.6 is 0 Å². The van der Waals surface area contributed by atoms with Gasteiger partial charge in [0.1, 0.15) is 13.6 Å². The van der Waals surface area contributed by atoms with Crippen molar-refractivity contribution in [2.45, 2.75) is 105 Å². The molecule has 12 atom stereocenters. The molecule has 0 spiro atoms. The fourth-order valence-corrected chi connectivity index (χ4v) is 10.5. The Morgan fingerprint density at radius 1 is 0.947 bits per heavy atom. The van der Waals surface area contributed by atoms with Crippen molar-refractivity contribution in [3.63, 3.8) is 0 Å². The number of ether oxygens (including phenoxy) is 5. The third-order valence-corrected chi connectivity index (χ3v) is 12.3. The maximum atomic E-state index is 12.0. The zero-order valence-electron chi connectivity index (χ0n) is 25.5. The Labute approximate surface area is 232 Å². The highest BCUT2D eigenvalue weighted by atomic mass is 16.7. The first-order valence-corrected chi connectivity index (χ1v) is 15.4. The number of carbonyl (C=O) groups excluding carboxylic acids is 1. The highest BCUT2D eigenvalue weighted by Gasteiger charge is 2.68. The van der Waals surface area contributed by atoms with Gasteiger partial charge >= 0.3 is 5.97 Å². The average molecular weight is 537 g/mol. The molecule has 0 aromatic carbocycles. The molecular formula is C32H56O6.